The van der Waals surface area contributed by atoms with Gasteiger partial charge in [0.2, 0.25) is 0 Å². The van der Waals surface area contributed by atoms with Gasteiger partial charge in [-0.1, -0.05) is 0 Å². The summed E-state index contributed by atoms with van der Waals surface area (Å²) in [5.74, 6) is -2.83. The highest BCUT2D eigenvalue weighted by atomic mass is 19.2. The molecule has 0 aliphatic carbocycles. The second kappa shape index (κ2) is 5.61. The lowest BCUT2D eigenvalue weighted by molar-refractivity contribution is 0.461. The molecule has 0 bridgehead atoms. The molecule has 1 aromatic carbocycles. The molecule has 1 unspecified atom stereocenters. The maximum atomic E-state index is 13.7. The molecular formula is C13H17F3N2. The van der Waals surface area contributed by atoms with Gasteiger partial charge in [-0.05, 0) is 26.3 Å². The number of nitrogens with zero attached hydrogens (tertiary/aromatic N) is 1. The molecule has 0 aromatic heterocycles. The smallest absolute Gasteiger partial charge is 0.182 e. The van der Waals surface area contributed by atoms with Crippen LogP contribution in [0.1, 0.15) is 19.8 Å². The van der Waals surface area contributed by atoms with E-state index >= 15 is 0 Å². The standard InChI is InChI=1S/C13H17F3N2/c1-9-3-6-18(5-2-4-17-9)12-8-10(14)7-11(15)13(12)16/h7-9,17H,2-6H2,1H3. The van der Waals surface area contributed by atoms with E-state index in [1.54, 1.807) is 4.90 Å². The van der Waals surface area contributed by atoms with E-state index in [0.29, 0.717) is 25.2 Å². The van der Waals surface area contributed by atoms with Crippen LogP contribution in [0.4, 0.5) is 18.9 Å². The molecule has 1 aliphatic heterocycles. The van der Waals surface area contributed by atoms with Crippen molar-refractivity contribution in [2.75, 3.05) is 24.5 Å². The third kappa shape index (κ3) is 2.96. The van der Waals surface area contributed by atoms with Gasteiger partial charge in [-0.15, -0.1) is 0 Å². The lowest BCUT2D eigenvalue weighted by atomic mass is 10.1. The second-order valence-electron chi connectivity index (χ2n) is 4.71. The molecule has 1 fully saturated rings. The highest BCUT2D eigenvalue weighted by Gasteiger charge is 2.19. The fourth-order valence-corrected chi connectivity index (χ4v) is 2.20. The minimum absolute atomic E-state index is 0.0293. The first-order valence-electron chi connectivity index (χ1n) is 6.21. The van der Waals surface area contributed by atoms with E-state index in [0.717, 1.165) is 25.5 Å². The van der Waals surface area contributed by atoms with Crippen LogP contribution in [0.3, 0.4) is 0 Å². The van der Waals surface area contributed by atoms with Gasteiger partial charge in [-0.2, -0.15) is 0 Å². The SMILES string of the molecule is CC1CCN(c2cc(F)cc(F)c2F)CCCN1. The molecule has 18 heavy (non-hydrogen) atoms. The number of anilines is 1. The van der Waals surface area contributed by atoms with Crippen molar-refractivity contribution in [1.29, 1.82) is 0 Å². The average Bonchev–Trinajstić information content (AvgIpc) is 2.30. The molecule has 1 saturated heterocycles. The first kappa shape index (κ1) is 13.2. The molecule has 1 aliphatic rings. The van der Waals surface area contributed by atoms with Gasteiger partial charge >= 0.3 is 0 Å². The van der Waals surface area contributed by atoms with E-state index in [1.165, 1.54) is 0 Å². The monoisotopic (exact) mass is 258 g/mol. The van der Waals surface area contributed by atoms with Crippen LogP contribution in [0.2, 0.25) is 0 Å². The van der Waals surface area contributed by atoms with E-state index in [9.17, 15) is 13.2 Å². The molecule has 0 radical (unpaired) electrons. The largest absolute Gasteiger partial charge is 0.369 e. The summed E-state index contributed by atoms with van der Waals surface area (Å²) in [6.07, 6.45) is 1.64. The maximum Gasteiger partial charge on any atom is 0.182 e. The molecule has 1 N–H and O–H groups in total. The van der Waals surface area contributed by atoms with Crippen LogP contribution in [0.5, 0.6) is 0 Å². The fraction of sp³-hybridized carbons (Fsp3) is 0.538. The minimum Gasteiger partial charge on any atom is -0.369 e. The lowest BCUT2D eigenvalue weighted by Crippen LogP contribution is -2.38. The average molecular weight is 258 g/mol. The Morgan fingerprint density at radius 1 is 1.22 bits per heavy atom. The van der Waals surface area contributed by atoms with Crippen molar-refractivity contribution in [2.24, 2.45) is 0 Å². The summed E-state index contributed by atoms with van der Waals surface area (Å²) >= 11 is 0. The van der Waals surface area contributed by atoms with Crippen molar-refractivity contribution in [3.05, 3.63) is 29.6 Å². The first-order valence-corrected chi connectivity index (χ1v) is 6.21. The highest BCUT2D eigenvalue weighted by molar-refractivity contribution is 5.48. The van der Waals surface area contributed by atoms with E-state index < -0.39 is 17.5 Å². The Bertz CT molecular complexity index is 423. The topological polar surface area (TPSA) is 15.3 Å². The lowest BCUT2D eigenvalue weighted by Gasteiger charge is -2.29. The highest BCUT2D eigenvalue weighted by Crippen LogP contribution is 2.24. The van der Waals surface area contributed by atoms with Crippen LogP contribution in [0, 0.1) is 17.5 Å². The number of rotatable bonds is 1. The number of benzene rings is 1. The quantitative estimate of drug-likeness (QED) is 0.779. The minimum atomic E-state index is -1.13. The summed E-state index contributed by atoms with van der Waals surface area (Å²) in [6.45, 7) is 4.07. The van der Waals surface area contributed by atoms with Crippen LogP contribution in [-0.2, 0) is 0 Å². The molecule has 2 rings (SSSR count). The van der Waals surface area contributed by atoms with Crippen molar-refractivity contribution >= 4 is 5.69 Å². The molecule has 1 atom stereocenters. The number of hydrogen-bond donors (Lipinski definition) is 1. The van der Waals surface area contributed by atoms with Crippen molar-refractivity contribution in [2.45, 2.75) is 25.8 Å². The van der Waals surface area contributed by atoms with Crippen molar-refractivity contribution in [3.63, 3.8) is 0 Å². The summed E-state index contributed by atoms with van der Waals surface area (Å²) in [7, 11) is 0. The van der Waals surface area contributed by atoms with Crippen molar-refractivity contribution in [1.82, 2.24) is 5.32 Å². The Morgan fingerprint density at radius 2 is 2.00 bits per heavy atom. The van der Waals surface area contributed by atoms with Gasteiger partial charge in [0.25, 0.3) is 0 Å². The normalized spacial score (nSPS) is 21.6. The molecule has 2 nitrogen and oxygen atoms in total. The Labute approximate surface area is 105 Å². The van der Waals surface area contributed by atoms with E-state index in [-0.39, 0.29) is 5.69 Å². The number of nitrogens with one attached hydrogen (secondary N) is 1. The van der Waals surface area contributed by atoms with Gasteiger partial charge < -0.3 is 10.2 Å². The van der Waals surface area contributed by atoms with Gasteiger partial charge in [0.15, 0.2) is 11.6 Å². The zero-order valence-corrected chi connectivity index (χ0v) is 10.3. The van der Waals surface area contributed by atoms with Crippen molar-refractivity contribution < 1.29 is 13.2 Å². The van der Waals surface area contributed by atoms with E-state index in [2.05, 4.69) is 5.32 Å². The van der Waals surface area contributed by atoms with Gasteiger partial charge in [0, 0.05) is 31.3 Å². The molecule has 0 amide bonds. The van der Waals surface area contributed by atoms with E-state index in [1.807, 2.05) is 6.92 Å². The zero-order valence-electron chi connectivity index (χ0n) is 10.3. The Balaban J connectivity index is 2.23. The summed E-state index contributed by atoms with van der Waals surface area (Å²) in [5.41, 5.74) is 0.0293. The Hall–Kier alpha value is -1.23. The van der Waals surface area contributed by atoms with Crippen LogP contribution >= 0.6 is 0 Å². The molecular weight excluding hydrogens is 241 g/mol. The van der Waals surface area contributed by atoms with Gasteiger partial charge in [0.05, 0.1) is 5.69 Å². The second-order valence-corrected chi connectivity index (χ2v) is 4.71. The zero-order chi connectivity index (χ0) is 13.1. The van der Waals surface area contributed by atoms with Crippen LogP contribution in [0.15, 0.2) is 12.1 Å². The maximum absolute atomic E-state index is 13.7. The summed E-state index contributed by atoms with van der Waals surface area (Å²) in [5, 5.41) is 3.33. The molecule has 1 aromatic rings. The van der Waals surface area contributed by atoms with Gasteiger partial charge in [-0.25, -0.2) is 13.2 Å². The van der Waals surface area contributed by atoms with Crippen molar-refractivity contribution in [3.8, 4) is 0 Å². The predicted octanol–water partition coefficient (Wildman–Crippen LogP) is 2.68. The molecule has 1 heterocycles. The van der Waals surface area contributed by atoms with Gasteiger partial charge in [-0.3, -0.25) is 0 Å². The molecule has 0 saturated carbocycles. The predicted molar refractivity (Wildman–Crippen MR) is 65.2 cm³/mol. The third-order valence-corrected chi connectivity index (χ3v) is 3.24. The Kier molecular flexibility index (Phi) is 4.11. The van der Waals surface area contributed by atoms with Crippen LogP contribution < -0.4 is 10.2 Å². The summed E-state index contributed by atoms with van der Waals surface area (Å²) in [6, 6.07) is 1.97. The summed E-state index contributed by atoms with van der Waals surface area (Å²) in [4.78, 5) is 1.72. The third-order valence-electron chi connectivity index (χ3n) is 3.24. The summed E-state index contributed by atoms with van der Waals surface area (Å²) < 4.78 is 40.1. The molecule has 0 spiro atoms. The van der Waals surface area contributed by atoms with Gasteiger partial charge in [0.1, 0.15) is 5.82 Å². The number of hydrogen-bond acceptors (Lipinski definition) is 2. The molecule has 5 heteroatoms. The Morgan fingerprint density at radius 3 is 2.78 bits per heavy atom. The molecule has 100 valence electrons. The van der Waals surface area contributed by atoms with E-state index in [4.69, 9.17) is 0 Å². The number of halogens is 3. The van der Waals surface area contributed by atoms with Crippen LogP contribution in [0.25, 0.3) is 0 Å². The van der Waals surface area contributed by atoms with Crippen LogP contribution in [-0.4, -0.2) is 25.7 Å². The first-order chi connectivity index (χ1) is 8.58. The fourth-order valence-electron chi connectivity index (χ4n) is 2.20.